The molecule has 0 spiro atoms. The van der Waals surface area contributed by atoms with E-state index in [0.717, 1.165) is 18.5 Å². The van der Waals surface area contributed by atoms with Crippen LogP contribution in [-0.4, -0.2) is 70.1 Å². The van der Waals surface area contributed by atoms with Crippen molar-refractivity contribution in [2.75, 3.05) is 20.2 Å². The largest absolute Gasteiger partial charge is 0.469 e. The lowest BCUT2D eigenvalue weighted by molar-refractivity contribution is -0.150. The molecule has 2 aliphatic heterocycles. The SMILES string of the molecule is CC[C@H]1[C@@H](C(=O)OC)C[C@H]2CN(C(=O)CCc3n[nH]c4c3CCCC4)CC(=O)N21. The van der Waals surface area contributed by atoms with Gasteiger partial charge in [-0.3, -0.25) is 19.5 Å². The summed E-state index contributed by atoms with van der Waals surface area (Å²) >= 11 is 0. The number of nitrogens with one attached hydrogen (secondary N) is 1. The first kappa shape index (κ1) is 19.9. The zero-order valence-corrected chi connectivity index (χ0v) is 17.3. The Morgan fingerprint density at radius 3 is 2.83 bits per heavy atom. The maximum atomic E-state index is 12.8. The summed E-state index contributed by atoms with van der Waals surface area (Å²) in [5, 5.41) is 7.54. The van der Waals surface area contributed by atoms with Gasteiger partial charge in [-0.1, -0.05) is 6.92 Å². The first-order chi connectivity index (χ1) is 14.0. The van der Waals surface area contributed by atoms with Gasteiger partial charge in [-0.15, -0.1) is 0 Å². The van der Waals surface area contributed by atoms with E-state index >= 15 is 0 Å². The van der Waals surface area contributed by atoms with Crippen LogP contribution in [0.25, 0.3) is 0 Å². The molecule has 2 fully saturated rings. The van der Waals surface area contributed by atoms with E-state index in [1.165, 1.54) is 31.2 Å². The normalized spacial score (nSPS) is 26.3. The first-order valence-electron chi connectivity index (χ1n) is 10.7. The molecule has 0 unspecified atom stereocenters. The van der Waals surface area contributed by atoms with Crippen LogP contribution in [0.2, 0.25) is 0 Å². The molecule has 0 radical (unpaired) electrons. The molecule has 29 heavy (non-hydrogen) atoms. The maximum absolute atomic E-state index is 12.8. The number of nitrogens with zero attached hydrogens (tertiary/aromatic N) is 3. The average molecular weight is 402 g/mol. The predicted molar refractivity (Wildman–Crippen MR) is 105 cm³/mol. The van der Waals surface area contributed by atoms with Crippen molar-refractivity contribution in [3.8, 4) is 0 Å². The summed E-state index contributed by atoms with van der Waals surface area (Å²) in [5.74, 6) is -0.644. The second-order valence-corrected chi connectivity index (χ2v) is 8.40. The van der Waals surface area contributed by atoms with Gasteiger partial charge in [-0.05, 0) is 44.1 Å². The predicted octanol–water partition coefficient (Wildman–Crippen LogP) is 1.23. The van der Waals surface area contributed by atoms with Crippen molar-refractivity contribution in [2.24, 2.45) is 5.92 Å². The van der Waals surface area contributed by atoms with Crippen LogP contribution >= 0.6 is 0 Å². The van der Waals surface area contributed by atoms with Gasteiger partial charge in [0.25, 0.3) is 0 Å². The Morgan fingerprint density at radius 1 is 1.28 bits per heavy atom. The van der Waals surface area contributed by atoms with E-state index in [-0.39, 0.29) is 42.3 Å². The van der Waals surface area contributed by atoms with E-state index in [4.69, 9.17) is 4.74 Å². The number of methoxy groups -OCH3 is 1. The van der Waals surface area contributed by atoms with E-state index in [0.29, 0.717) is 32.2 Å². The monoisotopic (exact) mass is 402 g/mol. The van der Waals surface area contributed by atoms with Crippen LogP contribution in [0.3, 0.4) is 0 Å². The molecule has 1 aromatic rings. The number of aromatic amines is 1. The van der Waals surface area contributed by atoms with Crippen molar-refractivity contribution in [1.82, 2.24) is 20.0 Å². The molecule has 8 heteroatoms. The van der Waals surface area contributed by atoms with Gasteiger partial charge in [0.1, 0.15) is 0 Å². The summed E-state index contributed by atoms with van der Waals surface area (Å²) in [7, 11) is 1.39. The number of amides is 2. The zero-order valence-electron chi connectivity index (χ0n) is 17.3. The summed E-state index contributed by atoms with van der Waals surface area (Å²) in [5.41, 5.74) is 3.50. The van der Waals surface area contributed by atoms with E-state index in [2.05, 4.69) is 10.2 Å². The number of H-pyrrole nitrogens is 1. The summed E-state index contributed by atoms with van der Waals surface area (Å²) in [4.78, 5) is 41.3. The standard InChI is InChI=1S/C21H30N4O4/c1-3-18-15(21(28)29-2)10-13-11-24(12-20(27)25(13)18)19(26)9-8-17-14-6-4-5-7-16(14)22-23-17/h13,15,18H,3-12H2,1-2H3,(H,22,23)/t13-,15-,18-/m0/s1. The van der Waals surface area contributed by atoms with Crippen LogP contribution in [0.15, 0.2) is 0 Å². The molecule has 2 amide bonds. The molecule has 3 atom stereocenters. The molecular formula is C21H30N4O4. The molecule has 8 nitrogen and oxygen atoms in total. The third kappa shape index (κ3) is 3.65. The van der Waals surface area contributed by atoms with Gasteiger partial charge in [0.2, 0.25) is 11.8 Å². The molecule has 0 saturated carbocycles. The van der Waals surface area contributed by atoms with Crippen LogP contribution in [0.4, 0.5) is 0 Å². The second kappa shape index (κ2) is 8.16. The van der Waals surface area contributed by atoms with Crippen LogP contribution in [0.1, 0.15) is 56.0 Å². The molecule has 1 aromatic heterocycles. The fourth-order valence-corrected chi connectivity index (χ4v) is 5.36. The van der Waals surface area contributed by atoms with Crippen LogP contribution in [-0.2, 0) is 38.4 Å². The zero-order chi connectivity index (χ0) is 20.5. The molecule has 0 bridgehead atoms. The maximum Gasteiger partial charge on any atom is 0.310 e. The number of piperazine rings is 1. The lowest BCUT2D eigenvalue weighted by atomic mass is 9.94. The first-order valence-corrected chi connectivity index (χ1v) is 10.7. The Morgan fingerprint density at radius 2 is 2.07 bits per heavy atom. The van der Waals surface area contributed by atoms with Gasteiger partial charge < -0.3 is 14.5 Å². The van der Waals surface area contributed by atoms with Gasteiger partial charge in [-0.25, -0.2) is 0 Å². The number of rotatable bonds is 5. The molecule has 3 aliphatic rings. The molecule has 1 N–H and O–H groups in total. The Labute approximate surface area is 170 Å². The Balaban J connectivity index is 1.39. The third-order valence-corrected chi connectivity index (χ3v) is 6.78. The van der Waals surface area contributed by atoms with Crippen LogP contribution in [0.5, 0.6) is 0 Å². The van der Waals surface area contributed by atoms with Crippen molar-refractivity contribution in [2.45, 2.75) is 70.4 Å². The highest BCUT2D eigenvalue weighted by Crippen LogP contribution is 2.35. The van der Waals surface area contributed by atoms with E-state index in [1.54, 1.807) is 4.90 Å². The Bertz CT molecular complexity index is 805. The number of esters is 1. The number of fused-ring (bicyclic) bond motifs is 2. The van der Waals surface area contributed by atoms with E-state index in [9.17, 15) is 14.4 Å². The minimum atomic E-state index is -0.301. The number of hydrogen-bond acceptors (Lipinski definition) is 5. The van der Waals surface area contributed by atoms with Gasteiger partial charge in [0.15, 0.2) is 0 Å². The van der Waals surface area contributed by atoms with Crippen LogP contribution in [0, 0.1) is 5.92 Å². The van der Waals surface area contributed by atoms with E-state index in [1.807, 2.05) is 11.8 Å². The fraction of sp³-hybridized carbons (Fsp3) is 0.714. The number of ether oxygens (including phenoxy) is 1. The number of hydrogen-bond donors (Lipinski definition) is 1. The third-order valence-electron chi connectivity index (χ3n) is 6.78. The molecule has 4 rings (SSSR count). The molecule has 1 aliphatic carbocycles. The number of aryl methyl sites for hydroxylation is 2. The average Bonchev–Trinajstić information content (AvgIpc) is 3.32. The van der Waals surface area contributed by atoms with Gasteiger partial charge in [0.05, 0.1) is 31.3 Å². The Kier molecular flexibility index (Phi) is 5.61. The lowest BCUT2D eigenvalue weighted by Gasteiger charge is -2.39. The lowest BCUT2D eigenvalue weighted by Crippen LogP contribution is -2.57. The van der Waals surface area contributed by atoms with Crippen LogP contribution < -0.4 is 0 Å². The van der Waals surface area contributed by atoms with Crippen molar-refractivity contribution in [3.63, 3.8) is 0 Å². The summed E-state index contributed by atoms with van der Waals surface area (Å²) < 4.78 is 4.94. The van der Waals surface area contributed by atoms with Gasteiger partial charge in [-0.2, -0.15) is 5.10 Å². The summed E-state index contributed by atoms with van der Waals surface area (Å²) in [6.07, 6.45) is 6.66. The topological polar surface area (TPSA) is 95.6 Å². The second-order valence-electron chi connectivity index (χ2n) is 8.40. The number of carbonyl (C=O) groups is 3. The minimum absolute atomic E-state index is 0.0138. The smallest absolute Gasteiger partial charge is 0.310 e. The summed E-state index contributed by atoms with van der Waals surface area (Å²) in [6.45, 7) is 2.57. The molecule has 0 aromatic carbocycles. The van der Waals surface area contributed by atoms with Crippen molar-refractivity contribution >= 4 is 17.8 Å². The quantitative estimate of drug-likeness (QED) is 0.748. The van der Waals surface area contributed by atoms with Crippen molar-refractivity contribution < 1.29 is 19.1 Å². The molecule has 3 heterocycles. The molecular weight excluding hydrogens is 372 g/mol. The number of aromatic nitrogens is 2. The Hall–Kier alpha value is -2.38. The molecule has 2 saturated heterocycles. The highest BCUT2D eigenvalue weighted by molar-refractivity contribution is 5.88. The minimum Gasteiger partial charge on any atom is -0.469 e. The fourth-order valence-electron chi connectivity index (χ4n) is 5.36. The van der Waals surface area contributed by atoms with Gasteiger partial charge >= 0.3 is 5.97 Å². The highest BCUT2D eigenvalue weighted by Gasteiger charge is 2.49. The van der Waals surface area contributed by atoms with E-state index < -0.39 is 0 Å². The molecule has 158 valence electrons. The van der Waals surface area contributed by atoms with Crippen molar-refractivity contribution in [3.05, 3.63) is 17.0 Å². The van der Waals surface area contributed by atoms with Gasteiger partial charge in [0, 0.05) is 31.1 Å². The number of carbonyl (C=O) groups excluding carboxylic acids is 3. The summed E-state index contributed by atoms with van der Waals surface area (Å²) in [6, 6.07) is -0.236. The van der Waals surface area contributed by atoms with Crippen molar-refractivity contribution in [1.29, 1.82) is 0 Å². The highest BCUT2D eigenvalue weighted by atomic mass is 16.5.